The van der Waals surface area contributed by atoms with E-state index in [0.29, 0.717) is 5.56 Å². The molecule has 0 unspecified atom stereocenters. The van der Waals surface area contributed by atoms with Gasteiger partial charge in [0.1, 0.15) is 5.75 Å². The Hall–Kier alpha value is -1.81. The molecule has 0 bridgehead atoms. The Labute approximate surface area is 133 Å². The van der Waals surface area contributed by atoms with Crippen LogP contribution in [0.5, 0.6) is 5.75 Å². The molecule has 0 amide bonds. The van der Waals surface area contributed by atoms with E-state index in [4.69, 9.17) is 0 Å². The summed E-state index contributed by atoms with van der Waals surface area (Å²) in [5.74, 6) is 0.237. The van der Waals surface area contributed by atoms with E-state index in [1.165, 1.54) is 18.5 Å². The number of hydrogen-bond donors (Lipinski definition) is 1. The maximum atomic E-state index is 9.87. The van der Waals surface area contributed by atoms with Crippen molar-refractivity contribution in [2.24, 2.45) is 4.99 Å². The minimum absolute atomic E-state index is 0.237. The molecule has 4 heteroatoms. The minimum Gasteiger partial charge on any atom is -0.507 e. The van der Waals surface area contributed by atoms with Crippen LogP contribution in [0, 0.1) is 0 Å². The van der Waals surface area contributed by atoms with Crippen LogP contribution in [0.4, 0.5) is 11.4 Å². The first-order valence-corrected chi connectivity index (χ1v) is 7.90. The maximum Gasteiger partial charge on any atom is 0.124 e. The highest BCUT2D eigenvalue weighted by Crippen LogP contribution is 2.31. The minimum atomic E-state index is 0.237. The lowest BCUT2D eigenvalue weighted by atomic mass is 10.2. The number of phenolic OH excluding ortho intramolecular Hbond substituents is 1. The van der Waals surface area contributed by atoms with Crippen LogP contribution in [0.3, 0.4) is 0 Å². The molecule has 0 atom stereocenters. The lowest BCUT2D eigenvalue weighted by Crippen LogP contribution is -2.17. The third kappa shape index (κ3) is 3.27. The second-order valence-electron chi connectivity index (χ2n) is 5.14. The van der Waals surface area contributed by atoms with Crippen molar-refractivity contribution >= 4 is 33.5 Å². The SMILES string of the molecule is Oc1ccc(Br)cc1C=Nc1ccccc1N1CCCC1. The fourth-order valence-corrected chi connectivity index (χ4v) is 2.95. The number of rotatable bonds is 3. The summed E-state index contributed by atoms with van der Waals surface area (Å²) >= 11 is 3.41. The zero-order valence-corrected chi connectivity index (χ0v) is 13.3. The molecule has 108 valence electrons. The molecule has 0 aromatic heterocycles. The van der Waals surface area contributed by atoms with E-state index in [1.54, 1.807) is 12.3 Å². The fourth-order valence-electron chi connectivity index (χ4n) is 2.57. The molecular formula is C17H17BrN2O. The highest BCUT2D eigenvalue weighted by Gasteiger charge is 2.14. The van der Waals surface area contributed by atoms with Crippen molar-refractivity contribution < 1.29 is 5.11 Å². The zero-order chi connectivity index (χ0) is 14.7. The van der Waals surface area contributed by atoms with Crippen LogP contribution in [0.1, 0.15) is 18.4 Å². The Kier molecular flexibility index (Phi) is 4.25. The van der Waals surface area contributed by atoms with Gasteiger partial charge in [0, 0.05) is 29.3 Å². The fraction of sp³-hybridized carbons (Fsp3) is 0.235. The highest BCUT2D eigenvalue weighted by molar-refractivity contribution is 9.10. The molecule has 1 saturated heterocycles. The van der Waals surface area contributed by atoms with Gasteiger partial charge in [-0.05, 0) is 43.2 Å². The van der Waals surface area contributed by atoms with Gasteiger partial charge in [-0.2, -0.15) is 0 Å². The second-order valence-corrected chi connectivity index (χ2v) is 6.06. The number of halogens is 1. The molecule has 0 radical (unpaired) electrons. The Morgan fingerprint density at radius 2 is 1.86 bits per heavy atom. The van der Waals surface area contributed by atoms with Crippen LogP contribution in [0.2, 0.25) is 0 Å². The average molecular weight is 345 g/mol. The van der Waals surface area contributed by atoms with E-state index in [-0.39, 0.29) is 5.75 Å². The standard InChI is InChI=1S/C17H17BrN2O/c18-14-7-8-17(21)13(11-14)12-19-15-5-1-2-6-16(15)20-9-3-4-10-20/h1-2,5-8,11-12,21H,3-4,9-10H2. The third-order valence-electron chi connectivity index (χ3n) is 3.66. The van der Waals surface area contributed by atoms with Gasteiger partial charge >= 0.3 is 0 Å². The van der Waals surface area contributed by atoms with Crippen LogP contribution in [0.15, 0.2) is 51.9 Å². The van der Waals surface area contributed by atoms with Gasteiger partial charge in [0.05, 0.1) is 11.4 Å². The lowest BCUT2D eigenvalue weighted by Gasteiger charge is -2.19. The average Bonchev–Trinajstić information content (AvgIpc) is 3.03. The van der Waals surface area contributed by atoms with E-state index < -0.39 is 0 Å². The van der Waals surface area contributed by atoms with Gasteiger partial charge in [-0.3, -0.25) is 4.99 Å². The predicted octanol–water partition coefficient (Wildman–Crippen LogP) is 4.51. The Morgan fingerprint density at radius 1 is 1.10 bits per heavy atom. The van der Waals surface area contributed by atoms with Crippen LogP contribution in [-0.2, 0) is 0 Å². The summed E-state index contributed by atoms with van der Waals surface area (Å²) in [5.41, 5.74) is 2.82. The molecule has 1 heterocycles. The molecule has 0 spiro atoms. The van der Waals surface area contributed by atoms with Crippen molar-refractivity contribution in [1.29, 1.82) is 0 Å². The van der Waals surface area contributed by atoms with Crippen LogP contribution >= 0.6 is 15.9 Å². The van der Waals surface area contributed by atoms with Crippen LogP contribution in [-0.4, -0.2) is 24.4 Å². The largest absolute Gasteiger partial charge is 0.507 e. The van der Waals surface area contributed by atoms with Gasteiger partial charge < -0.3 is 10.0 Å². The van der Waals surface area contributed by atoms with Crippen LogP contribution in [0.25, 0.3) is 0 Å². The van der Waals surface area contributed by atoms with Crippen molar-refractivity contribution in [3.05, 3.63) is 52.5 Å². The predicted molar refractivity (Wildman–Crippen MR) is 90.9 cm³/mol. The molecule has 1 aliphatic rings. The first-order valence-electron chi connectivity index (χ1n) is 7.10. The van der Waals surface area contributed by atoms with Crippen molar-refractivity contribution in [1.82, 2.24) is 0 Å². The number of aliphatic imine (C=N–C) groups is 1. The van der Waals surface area contributed by atoms with Gasteiger partial charge in [-0.1, -0.05) is 28.1 Å². The van der Waals surface area contributed by atoms with Gasteiger partial charge in [-0.25, -0.2) is 0 Å². The smallest absolute Gasteiger partial charge is 0.124 e. The third-order valence-corrected chi connectivity index (χ3v) is 4.15. The van der Waals surface area contributed by atoms with E-state index >= 15 is 0 Å². The zero-order valence-electron chi connectivity index (χ0n) is 11.7. The first-order chi connectivity index (χ1) is 10.2. The van der Waals surface area contributed by atoms with E-state index in [1.807, 2.05) is 30.3 Å². The summed E-state index contributed by atoms with van der Waals surface area (Å²) in [7, 11) is 0. The summed E-state index contributed by atoms with van der Waals surface area (Å²) in [6.07, 6.45) is 4.20. The number of hydrogen-bond acceptors (Lipinski definition) is 3. The molecule has 1 fully saturated rings. The van der Waals surface area contributed by atoms with Gasteiger partial charge in [0.15, 0.2) is 0 Å². The quantitative estimate of drug-likeness (QED) is 0.831. The Morgan fingerprint density at radius 3 is 2.67 bits per heavy atom. The van der Waals surface area contributed by atoms with E-state index in [2.05, 4.69) is 31.9 Å². The molecule has 2 aromatic carbocycles. The number of anilines is 1. The number of benzene rings is 2. The van der Waals surface area contributed by atoms with E-state index in [0.717, 1.165) is 23.2 Å². The Bertz CT molecular complexity index is 664. The van der Waals surface area contributed by atoms with Crippen LogP contribution < -0.4 is 4.90 Å². The number of aromatic hydroxyl groups is 1. The van der Waals surface area contributed by atoms with Gasteiger partial charge in [-0.15, -0.1) is 0 Å². The normalized spacial score (nSPS) is 15.0. The van der Waals surface area contributed by atoms with Crippen molar-refractivity contribution in [2.45, 2.75) is 12.8 Å². The number of phenols is 1. The monoisotopic (exact) mass is 344 g/mol. The lowest BCUT2D eigenvalue weighted by molar-refractivity contribution is 0.474. The Balaban J connectivity index is 1.90. The van der Waals surface area contributed by atoms with Crippen molar-refractivity contribution in [3.8, 4) is 5.75 Å². The second kappa shape index (κ2) is 6.31. The first kappa shape index (κ1) is 14.1. The summed E-state index contributed by atoms with van der Waals surface area (Å²) in [5, 5.41) is 9.87. The molecule has 1 N–H and O–H groups in total. The van der Waals surface area contributed by atoms with E-state index in [9.17, 15) is 5.11 Å². The summed E-state index contributed by atoms with van der Waals surface area (Å²) < 4.78 is 0.926. The summed E-state index contributed by atoms with van der Waals surface area (Å²) in [6, 6.07) is 13.5. The molecule has 2 aromatic rings. The summed E-state index contributed by atoms with van der Waals surface area (Å²) in [6.45, 7) is 2.18. The molecular weight excluding hydrogens is 328 g/mol. The molecule has 0 saturated carbocycles. The summed E-state index contributed by atoms with van der Waals surface area (Å²) in [4.78, 5) is 6.94. The molecule has 21 heavy (non-hydrogen) atoms. The van der Waals surface area contributed by atoms with Gasteiger partial charge in [0.25, 0.3) is 0 Å². The van der Waals surface area contributed by atoms with Crippen molar-refractivity contribution in [3.63, 3.8) is 0 Å². The highest BCUT2D eigenvalue weighted by atomic mass is 79.9. The molecule has 1 aliphatic heterocycles. The maximum absolute atomic E-state index is 9.87. The molecule has 0 aliphatic carbocycles. The van der Waals surface area contributed by atoms with Gasteiger partial charge in [0.2, 0.25) is 0 Å². The van der Waals surface area contributed by atoms with Crippen molar-refractivity contribution in [2.75, 3.05) is 18.0 Å². The topological polar surface area (TPSA) is 35.8 Å². The molecule has 3 rings (SSSR count). The number of nitrogens with zero attached hydrogens (tertiary/aromatic N) is 2. The number of para-hydroxylation sites is 2. The molecule has 3 nitrogen and oxygen atoms in total.